The number of benzene rings is 5. The van der Waals surface area contributed by atoms with Crippen molar-refractivity contribution in [2.75, 3.05) is 0 Å². The quantitative estimate of drug-likeness (QED) is 0.172. The number of pyridine rings is 4. The molecule has 4 heterocycles. The summed E-state index contributed by atoms with van der Waals surface area (Å²) in [5.41, 5.74) is 14.5. The summed E-state index contributed by atoms with van der Waals surface area (Å²) in [6.45, 7) is 13.4. The Morgan fingerprint density at radius 3 is 0.685 bits per heavy atom. The van der Waals surface area contributed by atoms with Crippen LogP contribution in [0.5, 0.6) is 0 Å². The summed E-state index contributed by atoms with van der Waals surface area (Å²) in [7, 11) is 0. The molecule has 4 heteroatoms. The van der Waals surface area contributed by atoms with E-state index in [0.717, 1.165) is 88.6 Å². The monoisotopic (exact) mass is 698 g/mol. The first kappa shape index (κ1) is 33.6. The van der Waals surface area contributed by atoms with E-state index in [1.807, 2.05) is 0 Å². The molecule has 0 saturated carbocycles. The van der Waals surface area contributed by atoms with Crippen LogP contribution in [0.1, 0.15) is 52.7 Å². The van der Waals surface area contributed by atoms with E-state index in [0.29, 0.717) is 0 Å². The van der Waals surface area contributed by atoms with Crippen LogP contribution in [0.15, 0.2) is 146 Å². The van der Waals surface area contributed by atoms with Gasteiger partial charge in [-0.05, 0) is 46.2 Å². The molecular formula is C50H42N4. The van der Waals surface area contributed by atoms with Gasteiger partial charge in [-0.2, -0.15) is 0 Å². The second-order valence-corrected chi connectivity index (χ2v) is 16.4. The van der Waals surface area contributed by atoms with Crippen LogP contribution in [-0.4, -0.2) is 19.9 Å². The van der Waals surface area contributed by atoms with Crippen LogP contribution >= 0.6 is 0 Å². The van der Waals surface area contributed by atoms with Crippen molar-refractivity contribution in [2.45, 2.75) is 52.4 Å². The van der Waals surface area contributed by atoms with Gasteiger partial charge in [-0.3, -0.25) is 0 Å². The summed E-state index contributed by atoms with van der Waals surface area (Å²) in [6.07, 6.45) is 0. The summed E-state index contributed by atoms with van der Waals surface area (Å²) in [5, 5.41) is 4.30. The molecule has 4 nitrogen and oxygen atoms in total. The Bertz CT molecular complexity index is 2660. The van der Waals surface area contributed by atoms with E-state index in [1.165, 1.54) is 11.1 Å². The normalized spacial score (nSPS) is 12.3. The van der Waals surface area contributed by atoms with Crippen LogP contribution < -0.4 is 0 Å². The van der Waals surface area contributed by atoms with Crippen LogP contribution in [0.3, 0.4) is 0 Å². The fourth-order valence-electron chi connectivity index (χ4n) is 7.27. The zero-order chi connectivity index (χ0) is 37.2. The van der Waals surface area contributed by atoms with E-state index in [-0.39, 0.29) is 10.8 Å². The fraction of sp³-hybridized carbons (Fsp3) is 0.160. The molecule has 0 saturated heterocycles. The third-order valence-electron chi connectivity index (χ3n) is 10.6. The van der Waals surface area contributed by atoms with Gasteiger partial charge in [0.15, 0.2) is 0 Å². The average molecular weight is 699 g/mol. The van der Waals surface area contributed by atoms with Crippen molar-refractivity contribution < 1.29 is 0 Å². The van der Waals surface area contributed by atoms with Crippen LogP contribution in [0.4, 0.5) is 0 Å². The van der Waals surface area contributed by atoms with Gasteiger partial charge in [0.1, 0.15) is 0 Å². The van der Waals surface area contributed by atoms with Crippen LogP contribution in [0.2, 0.25) is 0 Å². The van der Waals surface area contributed by atoms with Gasteiger partial charge in [0, 0.05) is 43.8 Å². The van der Waals surface area contributed by atoms with Crippen LogP contribution in [0.25, 0.3) is 88.6 Å². The lowest BCUT2D eigenvalue weighted by atomic mass is 9.86. The largest absolute Gasteiger partial charge is 0.245 e. The van der Waals surface area contributed by atoms with Crippen LogP contribution in [0, 0.1) is 0 Å². The predicted octanol–water partition coefficient (Wildman–Crippen LogP) is 13.1. The van der Waals surface area contributed by atoms with Gasteiger partial charge in [0.05, 0.1) is 44.8 Å². The lowest BCUT2D eigenvalue weighted by Gasteiger charge is -2.19. The first-order chi connectivity index (χ1) is 26.0. The zero-order valence-corrected chi connectivity index (χ0v) is 31.6. The molecule has 0 atom stereocenters. The van der Waals surface area contributed by atoms with Crippen LogP contribution in [-0.2, 0) is 10.8 Å². The SMILES string of the molecule is CC(C)(C)c1ccc(-c2ccc3ccc4ccc(-c5ccc(-c6ccc7ccc8ccc(-c9ccc(C(C)(C)C)cc9)nc8c7n6)cc5)nc4c3n2)cc1. The molecule has 0 aliphatic carbocycles. The van der Waals surface area contributed by atoms with Crippen molar-refractivity contribution in [3.8, 4) is 45.0 Å². The van der Waals surface area contributed by atoms with Crippen molar-refractivity contribution >= 4 is 43.6 Å². The molecule has 54 heavy (non-hydrogen) atoms. The number of rotatable bonds is 4. The Kier molecular flexibility index (Phi) is 7.90. The summed E-state index contributed by atoms with van der Waals surface area (Å²) >= 11 is 0. The Morgan fingerprint density at radius 1 is 0.259 bits per heavy atom. The van der Waals surface area contributed by atoms with E-state index < -0.39 is 0 Å². The highest BCUT2D eigenvalue weighted by Crippen LogP contribution is 2.33. The lowest BCUT2D eigenvalue weighted by Crippen LogP contribution is -2.10. The Labute approximate surface area is 316 Å². The standard InChI is InChI=1S/C50H42N4/c1-49(2,3)39-23-15-33(16-24-39)43-29-21-37-13-11-35-19-27-41(51-45(35)47(37)53-43)31-7-9-32(10-8-31)42-28-20-36-12-14-38-22-30-44(54-48(38)46(36)52-42)34-17-25-40(26-18-34)50(4,5)6/h7-30H,1-6H3. The second-order valence-electron chi connectivity index (χ2n) is 16.4. The molecule has 0 aliphatic heterocycles. The number of aromatic nitrogens is 4. The number of nitrogens with zero attached hydrogens (tertiary/aromatic N) is 4. The molecule has 9 rings (SSSR count). The van der Waals surface area contributed by atoms with Crippen molar-refractivity contribution in [1.82, 2.24) is 19.9 Å². The molecule has 0 radical (unpaired) electrons. The third-order valence-corrected chi connectivity index (χ3v) is 10.6. The molecular weight excluding hydrogens is 657 g/mol. The molecule has 4 aromatic heterocycles. The molecule has 0 bridgehead atoms. The fourth-order valence-corrected chi connectivity index (χ4v) is 7.27. The van der Waals surface area contributed by atoms with Gasteiger partial charge < -0.3 is 0 Å². The van der Waals surface area contributed by atoms with Gasteiger partial charge in [-0.1, -0.05) is 163 Å². The smallest absolute Gasteiger partial charge is 0.0972 e. The number of hydrogen-bond donors (Lipinski definition) is 0. The highest BCUT2D eigenvalue weighted by atomic mass is 14.8. The number of hydrogen-bond acceptors (Lipinski definition) is 4. The van der Waals surface area contributed by atoms with Crippen molar-refractivity contribution in [1.29, 1.82) is 0 Å². The summed E-state index contributed by atoms with van der Waals surface area (Å²) < 4.78 is 0. The zero-order valence-electron chi connectivity index (χ0n) is 31.6. The molecule has 0 spiro atoms. The predicted molar refractivity (Wildman–Crippen MR) is 227 cm³/mol. The summed E-state index contributed by atoms with van der Waals surface area (Å²) in [6, 6.07) is 51.6. The van der Waals surface area contributed by atoms with E-state index in [9.17, 15) is 0 Å². The Morgan fingerprint density at radius 2 is 0.463 bits per heavy atom. The maximum atomic E-state index is 5.20. The van der Waals surface area contributed by atoms with Crippen molar-refractivity contribution in [2.24, 2.45) is 0 Å². The van der Waals surface area contributed by atoms with Gasteiger partial charge >= 0.3 is 0 Å². The van der Waals surface area contributed by atoms with E-state index in [2.05, 4.69) is 187 Å². The molecule has 5 aromatic carbocycles. The lowest BCUT2D eigenvalue weighted by molar-refractivity contribution is 0.590. The van der Waals surface area contributed by atoms with Gasteiger partial charge in [-0.15, -0.1) is 0 Å². The minimum Gasteiger partial charge on any atom is -0.245 e. The van der Waals surface area contributed by atoms with E-state index in [1.54, 1.807) is 0 Å². The number of fused-ring (bicyclic) bond motifs is 6. The molecule has 262 valence electrons. The Hall–Kier alpha value is -6.26. The molecule has 0 amide bonds. The highest BCUT2D eigenvalue weighted by molar-refractivity contribution is 6.05. The molecule has 0 fully saturated rings. The molecule has 0 N–H and O–H groups in total. The van der Waals surface area contributed by atoms with E-state index >= 15 is 0 Å². The van der Waals surface area contributed by atoms with Crippen molar-refractivity contribution in [3.63, 3.8) is 0 Å². The topological polar surface area (TPSA) is 51.6 Å². The minimum absolute atomic E-state index is 0.104. The van der Waals surface area contributed by atoms with Gasteiger partial charge in [0.25, 0.3) is 0 Å². The van der Waals surface area contributed by atoms with Gasteiger partial charge in [-0.25, -0.2) is 19.9 Å². The third kappa shape index (κ3) is 6.18. The highest BCUT2D eigenvalue weighted by Gasteiger charge is 2.16. The second kappa shape index (κ2) is 12.7. The summed E-state index contributed by atoms with van der Waals surface area (Å²) in [5.74, 6) is 0. The van der Waals surface area contributed by atoms with E-state index in [4.69, 9.17) is 19.9 Å². The first-order valence-electron chi connectivity index (χ1n) is 18.7. The Balaban J connectivity index is 1.05. The maximum Gasteiger partial charge on any atom is 0.0972 e. The molecule has 9 aromatic rings. The minimum atomic E-state index is 0.104. The van der Waals surface area contributed by atoms with Crippen molar-refractivity contribution in [3.05, 3.63) is 157 Å². The maximum absolute atomic E-state index is 5.20. The molecule has 0 aliphatic rings. The van der Waals surface area contributed by atoms with Gasteiger partial charge in [0.2, 0.25) is 0 Å². The average Bonchev–Trinajstić information content (AvgIpc) is 3.19. The first-order valence-corrected chi connectivity index (χ1v) is 18.7. The summed E-state index contributed by atoms with van der Waals surface area (Å²) in [4.78, 5) is 20.7. The molecule has 0 unspecified atom stereocenters.